The van der Waals surface area contributed by atoms with Crippen LogP contribution in [0.2, 0.25) is 0 Å². The second kappa shape index (κ2) is 5.35. The number of nitro groups is 1. The van der Waals surface area contributed by atoms with E-state index in [4.69, 9.17) is 5.84 Å². The van der Waals surface area contributed by atoms with Gasteiger partial charge < -0.3 is 4.90 Å². The third-order valence-electron chi connectivity index (χ3n) is 3.24. The molecule has 0 radical (unpaired) electrons. The minimum absolute atomic E-state index is 0.0831. The van der Waals surface area contributed by atoms with E-state index in [2.05, 4.69) is 29.2 Å². The van der Waals surface area contributed by atoms with Crippen LogP contribution in [0.5, 0.6) is 0 Å². The molecule has 2 atom stereocenters. The summed E-state index contributed by atoms with van der Waals surface area (Å²) in [5, 5.41) is 11.1. The number of aromatic nitrogens is 2. The van der Waals surface area contributed by atoms with E-state index in [1.54, 1.807) is 0 Å². The maximum Gasteiger partial charge on any atom is 0.329 e. The molecule has 104 valence electrons. The molecular weight excluding hydrogens is 248 g/mol. The fourth-order valence-electron chi connectivity index (χ4n) is 2.63. The molecule has 2 heterocycles. The normalized spacial score (nSPS) is 23.2. The highest BCUT2D eigenvalue weighted by Gasteiger charge is 2.28. The number of nitrogens with two attached hydrogens (primary N) is 1. The monoisotopic (exact) mass is 266 g/mol. The zero-order valence-electron chi connectivity index (χ0n) is 11.0. The Bertz CT molecular complexity index is 470. The highest BCUT2D eigenvalue weighted by atomic mass is 16.6. The lowest BCUT2D eigenvalue weighted by atomic mass is 9.92. The number of nitrogens with zero attached hydrogens (tertiary/aromatic N) is 4. The Labute approximate surface area is 111 Å². The van der Waals surface area contributed by atoms with Crippen LogP contribution in [0.3, 0.4) is 0 Å². The van der Waals surface area contributed by atoms with Crippen molar-refractivity contribution in [2.45, 2.75) is 20.3 Å². The van der Waals surface area contributed by atoms with Gasteiger partial charge >= 0.3 is 5.69 Å². The average molecular weight is 266 g/mol. The Morgan fingerprint density at radius 3 is 2.63 bits per heavy atom. The highest BCUT2D eigenvalue weighted by Crippen LogP contribution is 2.31. The molecular formula is C11H18N6O2. The molecule has 0 aliphatic carbocycles. The van der Waals surface area contributed by atoms with Crippen molar-refractivity contribution in [3.05, 3.63) is 16.3 Å². The van der Waals surface area contributed by atoms with Gasteiger partial charge in [-0.25, -0.2) is 10.8 Å². The zero-order chi connectivity index (χ0) is 14.0. The number of hydrogen-bond acceptors (Lipinski definition) is 7. The number of anilines is 2. The molecule has 0 amide bonds. The molecule has 0 spiro atoms. The standard InChI is InChI=1S/C11H18N6O2/c1-7-3-8(2)6-16(5-7)10-9(17(18)19)4-13-11(14-10)15-12/h4,7-8H,3,5-6,12H2,1-2H3,(H,13,14,15). The van der Waals surface area contributed by atoms with Gasteiger partial charge in [0.1, 0.15) is 6.20 Å². The maximum absolute atomic E-state index is 11.1. The molecule has 0 aromatic carbocycles. The summed E-state index contributed by atoms with van der Waals surface area (Å²) in [4.78, 5) is 20.5. The first kappa shape index (κ1) is 13.5. The molecule has 8 heteroatoms. The maximum atomic E-state index is 11.1. The van der Waals surface area contributed by atoms with Crippen molar-refractivity contribution in [1.82, 2.24) is 9.97 Å². The molecule has 8 nitrogen and oxygen atoms in total. The summed E-state index contributed by atoms with van der Waals surface area (Å²) >= 11 is 0. The SMILES string of the molecule is CC1CC(C)CN(c2nc(NN)ncc2[N+](=O)[O-])C1. The largest absolute Gasteiger partial charge is 0.350 e. The van der Waals surface area contributed by atoms with Gasteiger partial charge in [0.15, 0.2) is 0 Å². The number of piperidine rings is 1. The zero-order valence-corrected chi connectivity index (χ0v) is 11.0. The average Bonchev–Trinajstić information content (AvgIpc) is 2.36. The van der Waals surface area contributed by atoms with Crippen molar-refractivity contribution in [3.8, 4) is 0 Å². The van der Waals surface area contributed by atoms with Crippen LogP contribution < -0.4 is 16.2 Å². The summed E-state index contributed by atoms with van der Waals surface area (Å²) in [5.41, 5.74) is 2.24. The van der Waals surface area contributed by atoms with Crippen LogP contribution in [-0.2, 0) is 0 Å². The molecule has 2 unspecified atom stereocenters. The van der Waals surface area contributed by atoms with E-state index in [1.165, 1.54) is 6.20 Å². The lowest BCUT2D eigenvalue weighted by molar-refractivity contribution is -0.384. The first-order valence-corrected chi connectivity index (χ1v) is 6.24. The van der Waals surface area contributed by atoms with Crippen LogP contribution in [0, 0.1) is 22.0 Å². The van der Waals surface area contributed by atoms with Gasteiger partial charge in [0.05, 0.1) is 4.92 Å². The van der Waals surface area contributed by atoms with E-state index in [0.29, 0.717) is 17.7 Å². The fraction of sp³-hybridized carbons (Fsp3) is 0.636. The molecule has 2 rings (SSSR count). The van der Waals surface area contributed by atoms with E-state index < -0.39 is 4.92 Å². The lowest BCUT2D eigenvalue weighted by Gasteiger charge is -2.35. The molecule has 0 saturated carbocycles. The first-order chi connectivity index (χ1) is 9.01. The van der Waals surface area contributed by atoms with Gasteiger partial charge in [0.2, 0.25) is 11.8 Å². The van der Waals surface area contributed by atoms with Gasteiger partial charge in [0.25, 0.3) is 0 Å². The molecule has 3 N–H and O–H groups in total. The number of nitrogens with one attached hydrogen (secondary N) is 1. The fourth-order valence-corrected chi connectivity index (χ4v) is 2.63. The van der Waals surface area contributed by atoms with Gasteiger partial charge in [-0.1, -0.05) is 13.8 Å². The van der Waals surface area contributed by atoms with Crippen molar-refractivity contribution in [2.24, 2.45) is 17.7 Å². The predicted molar refractivity (Wildman–Crippen MR) is 71.7 cm³/mol. The quantitative estimate of drug-likeness (QED) is 0.479. The molecule has 19 heavy (non-hydrogen) atoms. The van der Waals surface area contributed by atoms with E-state index in [-0.39, 0.29) is 11.6 Å². The Morgan fingerprint density at radius 2 is 2.11 bits per heavy atom. The Hall–Kier alpha value is -1.96. The van der Waals surface area contributed by atoms with Crippen LogP contribution in [0.15, 0.2) is 6.20 Å². The van der Waals surface area contributed by atoms with Crippen molar-refractivity contribution in [3.63, 3.8) is 0 Å². The van der Waals surface area contributed by atoms with Crippen LogP contribution in [0.1, 0.15) is 20.3 Å². The van der Waals surface area contributed by atoms with Gasteiger partial charge in [-0.2, -0.15) is 4.98 Å². The third-order valence-corrected chi connectivity index (χ3v) is 3.24. The molecule has 1 aromatic heterocycles. The first-order valence-electron chi connectivity index (χ1n) is 6.24. The van der Waals surface area contributed by atoms with Gasteiger partial charge in [-0.3, -0.25) is 15.5 Å². The van der Waals surface area contributed by atoms with Gasteiger partial charge in [-0.15, -0.1) is 0 Å². The number of hydrazine groups is 1. The summed E-state index contributed by atoms with van der Waals surface area (Å²) in [5.74, 6) is 6.75. The highest BCUT2D eigenvalue weighted by molar-refractivity contribution is 5.59. The van der Waals surface area contributed by atoms with E-state index in [0.717, 1.165) is 19.5 Å². The van der Waals surface area contributed by atoms with Crippen molar-refractivity contribution < 1.29 is 4.92 Å². The smallest absolute Gasteiger partial charge is 0.329 e. The predicted octanol–water partition coefficient (Wildman–Crippen LogP) is 1.15. The topological polar surface area (TPSA) is 110 Å². The van der Waals surface area contributed by atoms with E-state index in [1.807, 2.05) is 4.90 Å². The summed E-state index contributed by atoms with van der Waals surface area (Å²) < 4.78 is 0. The van der Waals surface area contributed by atoms with Crippen LogP contribution in [0.25, 0.3) is 0 Å². The molecule has 0 bridgehead atoms. The van der Waals surface area contributed by atoms with E-state index in [9.17, 15) is 10.1 Å². The summed E-state index contributed by atoms with van der Waals surface area (Å²) in [7, 11) is 0. The van der Waals surface area contributed by atoms with Crippen molar-refractivity contribution in [1.29, 1.82) is 0 Å². The minimum atomic E-state index is -0.459. The van der Waals surface area contributed by atoms with Crippen molar-refractivity contribution in [2.75, 3.05) is 23.4 Å². The molecule has 1 aromatic rings. The summed E-state index contributed by atoms with van der Waals surface area (Å²) in [6.45, 7) is 5.79. The minimum Gasteiger partial charge on any atom is -0.350 e. The summed E-state index contributed by atoms with van der Waals surface area (Å²) in [6.07, 6.45) is 2.32. The molecule has 1 saturated heterocycles. The van der Waals surface area contributed by atoms with Crippen LogP contribution in [0.4, 0.5) is 17.5 Å². The molecule has 1 fully saturated rings. The lowest BCUT2D eigenvalue weighted by Crippen LogP contribution is -2.39. The Balaban J connectivity index is 2.38. The van der Waals surface area contributed by atoms with E-state index >= 15 is 0 Å². The Kier molecular flexibility index (Phi) is 3.79. The van der Waals surface area contributed by atoms with Crippen LogP contribution in [-0.4, -0.2) is 28.0 Å². The molecule has 1 aliphatic heterocycles. The second-order valence-corrected chi connectivity index (χ2v) is 5.15. The van der Waals surface area contributed by atoms with Crippen molar-refractivity contribution >= 4 is 17.5 Å². The van der Waals surface area contributed by atoms with Crippen LogP contribution >= 0.6 is 0 Å². The van der Waals surface area contributed by atoms with Gasteiger partial charge in [-0.05, 0) is 18.3 Å². The number of nitrogen functional groups attached to an aromatic ring is 1. The second-order valence-electron chi connectivity index (χ2n) is 5.15. The number of hydrogen-bond donors (Lipinski definition) is 2. The molecule has 1 aliphatic rings. The summed E-state index contributed by atoms with van der Waals surface area (Å²) in [6, 6.07) is 0. The third kappa shape index (κ3) is 2.90. The van der Waals surface area contributed by atoms with Gasteiger partial charge in [0, 0.05) is 13.1 Å². The number of rotatable bonds is 3. The Morgan fingerprint density at radius 1 is 1.47 bits per heavy atom.